The summed E-state index contributed by atoms with van der Waals surface area (Å²) in [6.07, 6.45) is 4.27. The third kappa shape index (κ3) is 4.31. The van der Waals surface area contributed by atoms with Crippen molar-refractivity contribution >= 4 is 16.7 Å². The first-order valence-corrected chi connectivity index (χ1v) is 10.7. The molecule has 5 rings (SSSR count). The summed E-state index contributed by atoms with van der Waals surface area (Å²) in [7, 11) is 1.95. The van der Waals surface area contributed by atoms with E-state index in [-0.39, 0.29) is 0 Å². The Balaban J connectivity index is 1.21. The van der Waals surface area contributed by atoms with E-state index in [0.717, 1.165) is 47.4 Å². The molecule has 2 aromatic carbocycles. The average Bonchev–Trinajstić information content (AvgIpc) is 3.18. The molecule has 6 nitrogen and oxygen atoms in total. The van der Waals surface area contributed by atoms with Crippen molar-refractivity contribution in [2.45, 2.75) is 19.1 Å². The van der Waals surface area contributed by atoms with Crippen LogP contribution < -0.4 is 5.32 Å². The molecule has 0 spiro atoms. The molecule has 3 heterocycles. The molecule has 0 radical (unpaired) electrons. The van der Waals surface area contributed by atoms with E-state index in [1.807, 2.05) is 30.1 Å². The number of pyridine rings is 1. The maximum Gasteiger partial charge on any atom is 0.126 e. The molecule has 2 N–H and O–H groups in total. The van der Waals surface area contributed by atoms with Crippen LogP contribution in [0.1, 0.15) is 11.1 Å². The number of hydrogen-bond donors (Lipinski definition) is 2. The normalized spacial score (nSPS) is 15.0. The van der Waals surface area contributed by atoms with Crippen LogP contribution in [0.4, 0.5) is 5.82 Å². The zero-order valence-electron chi connectivity index (χ0n) is 17.7. The number of benzene rings is 2. The summed E-state index contributed by atoms with van der Waals surface area (Å²) >= 11 is 0. The minimum absolute atomic E-state index is 0.457. The lowest BCUT2D eigenvalue weighted by Gasteiger charge is -2.30. The first kappa shape index (κ1) is 19.7. The number of rotatable bonds is 6. The van der Waals surface area contributed by atoms with Gasteiger partial charge in [0.15, 0.2) is 0 Å². The minimum Gasteiger partial charge on any atom is -0.390 e. The molecule has 0 saturated heterocycles. The second-order valence-corrected chi connectivity index (χ2v) is 8.26. The number of β-amino-alcohol motifs (C(OH)–C–C–N with tert-alkyl or cyclic N) is 1. The summed E-state index contributed by atoms with van der Waals surface area (Å²) in [5.41, 5.74) is 6.10. The van der Waals surface area contributed by atoms with Crippen LogP contribution >= 0.6 is 0 Å². The van der Waals surface area contributed by atoms with Crippen LogP contribution in [0.2, 0.25) is 0 Å². The topological polar surface area (TPSA) is 66.2 Å². The Kier molecular flexibility index (Phi) is 5.40. The van der Waals surface area contributed by atoms with Gasteiger partial charge in [0.2, 0.25) is 0 Å². The maximum absolute atomic E-state index is 10.6. The van der Waals surface area contributed by atoms with Gasteiger partial charge >= 0.3 is 0 Å². The molecule has 31 heavy (non-hydrogen) atoms. The van der Waals surface area contributed by atoms with Crippen LogP contribution in [-0.4, -0.2) is 50.5 Å². The number of aryl methyl sites for hydroxylation is 1. The Bertz CT molecular complexity index is 1200. The number of aromatic nitrogens is 3. The molecule has 1 unspecified atom stereocenters. The highest BCUT2D eigenvalue weighted by Crippen LogP contribution is 2.25. The maximum atomic E-state index is 10.6. The lowest BCUT2D eigenvalue weighted by atomic mass is 10.00. The molecule has 0 saturated carbocycles. The van der Waals surface area contributed by atoms with Crippen LogP contribution in [0.25, 0.3) is 22.0 Å². The van der Waals surface area contributed by atoms with E-state index in [2.05, 4.69) is 62.8 Å². The Labute approximate surface area is 182 Å². The molecule has 6 heteroatoms. The highest BCUT2D eigenvalue weighted by Gasteiger charge is 2.18. The van der Waals surface area contributed by atoms with Crippen molar-refractivity contribution in [3.63, 3.8) is 0 Å². The summed E-state index contributed by atoms with van der Waals surface area (Å²) < 4.78 is 1.88. The third-order valence-corrected chi connectivity index (χ3v) is 6.04. The zero-order valence-corrected chi connectivity index (χ0v) is 17.7. The fraction of sp³-hybridized carbons (Fsp3) is 0.280. The van der Waals surface area contributed by atoms with Gasteiger partial charge in [0.05, 0.1) is 17.8 Å². The minimum atomic E-state index is -0.457. The van der Waals surface area contributed by atoms with Crippen molar-refractivity contribution in [1.82, 2.24) is 19.7 Å². The third-order valence-electron chi connectivity index (χ3n) is 6.04. The molecular formula is C25H27N5O. The summed E-state index contributed by atoms with van der Waals surface area (Å²) in [6.45, 7) is 3.00. The van der Waals surface area contributed by atoms with E-state index in [9.17, 15) is 5.11 Å². The van der Waals surface area contributed by atoms with Gasteiger partial charge in [-0.05, 0) is 46.9 Å². The summed E-state index contributed by atoms with van der Waals surface area (Å²) in [5.74, 6) is 0.769. The van der Waals surface area contributed by atoms with Gasteiger partial charge in [0, 0.05) is 44.8 Å². The van der Waals surface area contributed by atoms with Crippen molar-refractivity contribution in [2.24, 2.45) is 7.05 Å². The fourth-order valence-electron chi connectivity index (χ4n) is 4.33. The van der Waals surface area contributed by atoms with Crippen LogP contribution in [0.5, 0.6) is 0 Å². The standard InChI is InChI=1S/C25H27N5O/c1-29-24-12-19(6-7-21(24)14-28-29)20-8-10-26-25(13-20)27-15-23(31)17-30-11-9-18-4-2-3-5-22(18)16-30/h2-8,10,12-14,23,31H,9,11,15-17H2,1H3,(H,26,27). The Hall–Kier alpha value is -3.22. The van der Waals surface area contributed by atoms with Crippen LogP contribution in [0.15, 0.2) is 67.0 Å². The van der Waals surface area contributed by atoms with Gasteiger partial charge in [-0.3, -0.25) is 9.58 Å². The highest BCUT2D eigenvalue weighted by molar-refractivity contribution is 5.84. The van der Waals surface area contributed by atoms with Crippen molar-refractivity contribution in [3.8, 4) is 11.1 Å². The van der Waals surface area contributed by atoms with Gasteiger partial charge in [0.25, 0.3) is 0 Å². The van der Waals surface area contributed by atoms with Crippen LogP contribution in [0.3, 0.4) is 0 Å². The summed E-state index contributed by atoms with van der Waals surface area (Å²) in [4.78, 5) is 6.75. The number of anilines is 1. The van der Waals surface area contributed by atoms with E-state index in [1.54, 1.807) is 6.20 Å². The molecule has 1 aliphatic heterocycles. The molecule has 0 amide bonds. The average molecular weight is 414 g/mol. The number of fused-ring (bicyclic) bond motifs is 2. The van der Waals surface area contributed by atoms with Crippen molar-refractivity contribution < 1.29 is 5.11 Å². The predicted octanol–water partition coefficient (Wildman–Crippen LogP) is 3.47. The molecule has 1 aliphatic rings. The van der Waals surface area contributed by atoms with Crippen LogP contribution in [0, 0.1) is 0 Å². The zero-order chi connectivity index (χ0) is 21.2. The first-order valence-electron chi connectivity index (χ1n) is 10.7. The van der Waals surface area contributed by atoms with Crippen molar-refractivity contribution in [1.29, 1.82) is 0 Å². The Morgan fingerprint density at radius 1 is 1.06 bits per heavy atom. The highest BCUT2D eigenvalue weighted by atomic mass is 16.3. The van der Waals surface area contributed by atoms with Gasteiger partial charge in [-0.1, -0.05) is 36.4 Å². The molecule has 0 fully saturated rings. The lowest BCUT2D eigenvalue weighted by molar-refractivity contribution is 0.114. The van der Waals surface area contributed by atoms with Gasteiger partial charge in [-0.15, -0.1) is 0 Å². The second kappa shape index (κ2) is 8.49. The smallest absolute Gasteiger partial charge is 0.126 e. The van der Waals surface area contributed by atoms with Gasteiger partial charge < -0.3 is 10.4 Å². The van der Waals surface area contributed by atoms with Gasteiger partial charge in [-0.25, -0.2) is 4.98 Å². The summed E-state index contributed by atoms with van der Waals surface area (Å²) in [6, 6.07) is 18.9. The van der Waals surface area contributed by atoms with E-state index < -0.39 is 6.10 Å². The van der Waals surface area contributed by atoms with E-state index >= 15 is 0 Å². The number of aliphatic hydroxyl groups excluding tert-OH is 1. The quantitative estimate of drug-likeness (QED) is 0.507. The van der Waals surface area contributed by atoms with Gasteiger partial charge in [0.1, 0.15) is 5.82 Å². The molecule has 0 bridgehead atoms. The molecule has 1 atom stereocenters. The van der Waals surface area contributed by atoms with E-state index in [4.69, 9.17) is 0 Å². The molecule has 0 aliphatic carbocycles. The monoisotopic (exact) mass is 413 g/mol. The summed E-state index contributed by atoms with van der Waals surface area (Å²) in [5, 5.41) is 19.3. The largest absolute Gasteiger partial charge is 0.390 e. The Morgan fingerprint density at radius 2 is 1.90 bits per heavy atom. The molecule has 158 valence electrons. The first-order chi connectivity index (χ1) is 15.2. The number of nitrogens with zero attached hydrogens (tertiary/aromatic N) is 4. The molecule has 2 aromatic heterocycles. The van der Waals surface area contributed by atoms with Crippen molar-refractivity contribution in [2.75, 3.05) is 25.0 Å². The predicted molar refractivity (Wildman–Crippen MR) is 124 cm³/mol. The number of hydrogen-bond acceptors (Lipinski definition) is 5. The van der Waals surface area contributed by atoms with Crippen molar-refractivity contribution in [3.05, 3.63) is 78.1 Å². The second-order valence-electron chi connectivity index (χ2n) is 8.26. The van der Waals surface area contributed by atoms with Gasteiger partial charge in [-0.2, -0.15) is 5.10 Å². The van der Waals surface area contributed by atoms with E-state index in [1.165, 1.54) is 11.1 Å². The Morgan fingerprint density at radius 3 is 2.81 bits per heavy atom. The fourth-order valence-corrected chi connectivity index (χ4v) is 4.33. The van der Waals surface area contributed by atoms with E-state index in [0.29, 0.717) is 13.1 Å². The SMILES string of the molecule is Cn1ncc2ccc(-c3ccnc(NCC(O)CN4CCc5ccccc5C4)c3)cc21. The number of nitrogens with one attached hydrogen (secondary N) is 1. The molecular weight excluding hydrogens is 386 g/mol. The van der Waals surface area contributed by atoms with Crippen LogP contribution in [-0.2, 0) is 20.0 Å². The molecule has 4 aromatic rings. The lowest BCUT2D eigenvalue weighted by Crippen LogP contribution is -2.39. The number of aliphatic hydroxyl groups is 1.